The summed E-state index contributed by atoms with van der Waals surface area (Å²) < 4.78 is 5.54. The molecule has 0 aromatic heterocycles. The van der Waals surface area contributed by atoms with Gasteiger partial charge in [-0.15, -0.1) is 0 Å². The minimum atomic E-state index is -0.170. The lowest BCUT2D eigenvalue weighted by molar-refractivity contribution is -0.0565. The summed E-state index contributed by atoms with van der Waals surface area (Å²) in [6.45, 7) is 4.73. The van der Waals surface area contributed by atoms with Crippen LogP contribution in [0, 0.1) is 11.3 Å². The summed E-state index contributed by atoms with van der Waals surface area (Å²) in [7, 11) is 0. The van der Waals surface area contributed by atoms with Crippen molar-refractivity contribution >= 4 is 0 Å². The fourth-order valence-electron chi connectivity index (χ4n) is 2.84. The van der Waals surface area contributed by atoms with Gasteiger partial charge in [-0.3, -0.25) is 4.90 Å². The molecule has 0 amide bonds. The minimum absolute atomic E-state index is 0.170. The number of hydrogen-bond acceptors (Lipinski definition) is 3. The van der Waals surface area contributed by atoms with E-state index in [2.05, 4.69) is 17.9 Å². The topological polar surface area (TPSA) is 36.3 Å². The fourth-order valence-corrected chi connectivity index (χ4v) is 2.84. The van der Waals surface area contributed by atoms with Crippen molar-refractivity contribution in [2.75, 3.05) is 19.7 Å². The highest BCUT2D eigenvalue weighted by molar-refractivity contribution is 5.10. The molecule has 3 nitrogen and oxygen atoms in total. The lowest BCUT2D eigenvalue weighted by Crippen LogP contribution is -2.55. The Hall–Kier alpha value is -0.590. The predicted octanol–water partition coefficient (Wildman–Crippen LogP) is 1.93. The standard InChI is InChI=1S/C12H20N2O/c1-11-9-14(7-8-15-11)12(10-13)5-3-2-4-6-12/h11H,2-9H2,1H3/t11-/m0/s1. The largest absolute Gasteiger partial charge is 0.376 e. The zero-order valence-corrected chi connectivity index (χ0v) is 9.54. The summed E-state index contributed by atoms with van der Waals surface area (Å²) in [6, 6.07) is 2.58. The van der Waals surface area contributed by atoms with Crippen LogP contribution in [0.25, 0.3) is 0 Å². The molecule has 2 rings (SSSR count). The second kappa shape index (κ2) is 4.51. The first-order chi connectivity index (χ1) is 7.27. The molecule has 1 saturated heterocycles. The number of ether oxygens (including phenoxy) is 1. The molecule has 1 aliphatic carbocycles. The molecule has 1 atom stereocenters. The smallest absolute Gasteiger partial charge is 0.109 e. The molecular formula is C12H20N2O. The Kier molecular flexibility index (Phi) is 3.28. The van der Waals surface area contributed by atoms with Gasteiger partial charge in [0.25, 0.3) is 0 Å². The molecule has 0 aromatic carbocycles. The highest BCUT2D eigenvalue weighted by Gasteiger charge is 2.39. The van der Waals surface area contributed by atoms with E-state index in [0.29, 0.717) is 0 Å². The van der Waals surface area contributed by atoms with E-state index in [-0.39, 0.29) is 11.6 Å². The normalized spacial score (nSPS) is 32.1. The van der Waals surface area contributed by atoms with Crippen LogP contribution in [0.2, 0.25) is 0 Å². The van der Waals surface area contributed by atoms with E-state index in [1.54, 1.807) is 0 Å². The van der Waals surface area contributed by atoms with Crippen molar-refractivity contribution in [2.24, 2.45) is 0 Å². The van der Waals surface area contributed by atoms with Gasteiger partial charge in [-0.25, -0.2) is 0 Å². The molecule has 2 aliphatic rings. The predicted molar refractivity (Wildman–Crippen MR) is 58.4 cm³/mol. The average molecular weight is 208 g/mol. The molecule has 1 saturated carbocycles. The van der Waals surface area contributed by atoms with Crippen LogP contribution in [-0.2, 0) is 4.74 Å². The zero-order chi connectivity index (χ0) is 10.7. The van der Waals surface area contributed by atoms with Crippen molar-refractivity contribution in [1.82, 2.24) is 4.90 Å². The Morgan fingerprint density at radius 2 is 2.07 bits per heavy atom. The molecule has 0 radical (unpaired) electrons. The van der Waals surface area contributed by atoms with E-state index in [0.717, 1.165) is 32.5 Å². The second-order valence-electron chi connectivity index (χ2n) is 4.83. The van der Waals surface area contributed by atoms with Crippen molar-refractivity contribution in [1.29, 1.82) is 5.26 Å². The Morgan fingerprint density at radius 3 is 2.67 bits per heavy atom. The van der Waals surface area contributed by atoms with E-state index in [1.165, 1.54) is 19.3 Å². The van der Waals surface area contributed by atoms with Gasteiger partial charge in [-0.2, -0.15) is 5.26 Å². The zero-order valence-electron chi connectivity index (χ0n) is 9.54. The molecule has 3 heteroatoms. The van der Waals surface area contributed by atoms with Crippen LogP contribution < -0.4 is 0 Å². The summed E-state index contributed by atoms with van der Waals surface area (Å²) in [5.74, 6) is 0. The van der Waals surface area contributed by atoms with Gasteiger partial charge in [-0.05, 0) is 19.8 Å². The molecule has 84 valence electrons. The molecule has 0 N–H and O–H groups in total. The molecule has 0 unspecified atom stereocenters. The quantitative estimate of drug-likeness (QED) is 0.660. The van der Waals surface area contributed by atoms with Crippen molar-refractivity contribution in [3.8, 4) is 6.07 Å². The van der Waals surface area contributed by atoms with Crippen LogP contribution in [0.5, 0.6) is 0 Å². The third-order valence-electron chi connectivity index (χ3n) is 3.74. The van der Waals surface area contributed by atoms with Crippen LogP contribution in [0.15, 0.2) is 0 Å². The summed E-state index contributed by atoms with van der Waals surface area (Å²) in [5.41, 5.74) is -0.170. The SMILES string of the molecule is C[C@H]1CN(C2(C#N)CCCCC2)CCO1. The maximum absolute atomic E-state index is 9.45. The van der Waals surface area contributed by atoms with Crippen molar-refractivity contribution in [3.63, 3.8) is 0 Å². The molecule has 1 aliphatic heterocycles. The van der Waals surface area contributed by atoms with Gasteiger partial charge < -0.3 is 4.74 Å². The van der Waals surface area contributed by atoms with Gasteiger partial charge in [0.1, 0.15) is 5.54 Å². The molecule has 0 bridgehead atoms. The van der Waals surface area contributed by atoms with Crippen molar-refractivity contribution in [2.45, 2.75) is 50.7 Å². The van der Waals surface area contributed by atoms with Crippen LogP contribution in [0.3, 0.4) is 0 Å². The van der Waals surface area contributed by atoms with Crippen LogP contribution in [-0.4, -0.2) is 36.2 Å². The van der Waals surface area contributed by atoms with Gasteiger partial charge in [0, 0.05) is 13.1 Å². The van der Waals surface area contributed by atoms with Crippen LogP contribution in [0.4, 0.5) is 0 Å². The lowest BCUT2D eigenvalue weighted by atomic mass is 9.81. The number of morpholine rings is 1. The number of hydrogen-bond donors (Lipinski definition) is 0. The van der Waals surface area contributed by atoms with E-state index in [4.69, 9.17) is 4.74 Å². The van der Waals surface area contributed by atoms with E-state index in [1.807, 2.05) is 0 Å². The highest BCUT2D eigenvalue weighted by atomic mass is 16.5. The maximum atomic E-state index is 9.45. The molecule has 0 aromatic rings. The Bertz CT molecular complexity index is 253. The monoisotopic (exact) mass is 208 g/mol. The first-order valence-electron chi connectivity index (χ1n) is 6.05. The van der Waals surface area contributed by atoms with Gasteiger partial charge in [0.2, 0.25) is 0 Å². The van der Waals surface area contributed by atoms with E-state index >= 15 is 0 Å². The van der Waals surface area contributed by atoms with Crippen molar-refractivity contribution < 1.29 is 4.74 Å². The lowest BCUT2D eigenvalue weighted by Gasteiger charge is -2.44. The van der Waals surface area contributed by atoms with Crippen LogP contribution in [0.1, 0.15) is 39.0 Å². The Labute approximate surface area is 92.0 Å². The molecule has 15 heavy (non-hydrogen) atoms. The van der Waals surface area contributed by atoms with E-state index in [9.17, 15) is 5.26 Å². The molecule has 1 heterocycles. The highest BCUT2D eigenvalue weighted by Crippen LogP contribution is 2.34. The summed E-state index contributed by atoms with van der Waals surface area (Å²) in [4.78, 5) is 2.36. The second-order valence-corrected chi connectivity index (χ2v) is 4.83. The summed E-state index contributed by atoms with van der Waals surface area (Å²) >= 11 is 0. The fraction of sp³-hybridized carbons (Fsp3) is 0.917. The molecule has 2 fully saturated rings. The first-order valence-corrected chi connectivity index (χ1v) is 6.05. The third kappa shape index (κ3) is 2.16. The number of nitriles is 1. The summed E-state index contributed by atoms with van der Waals surface area (Å²) in [6.07, 6.45) is 6.10. The first kappa shape index (κ1) is 10.9. The van der Waals surface area contributed by atoms with Gasteiger partial charge >= 0.3 is 0 Å². The number of rotatable bonds is 1. The maximum Gasteiger partial charge on any atom is 0.109 e. The third-order valence-corrected chi connectivity index (χ3v) is 3.74. The minimum Gasteiger partial charge on any atom is -0.376 e. The van der Waals surface area contributed by atoms with Gasteiger partial charge in [0.05, 0.1) is 18.8 Å². The van der Waals surface area contributed by atoms with E-state index < -0.39 is 0 Å². The Balaban J connectivity index is 2.07. The number of nitrogens with zero attached hydrogens (tertiary/aromatic N) is 2. The molecule has 0 spiro atoms. The van der Waals surface area contributed by atoms with Crippen molar-refractivity contribution in [3.05, 3.63) is 0 Å². The van der Waals surface area contributed by atoms with Gasteiger partial charge in [-0.1, -0.05) is 19.3 Å². The Morgan fingerprint density at radius 1 is 1.33 bits per heavy atom. The summed E-state index contributed by atoms with van der Waals surface area (Å²) in [5, 5.41) is 9.45. The average Bonchev–Trinajstić information content (AvgIpc) is 2.30. The molecular weight excluding hydrogens is 188 g/mol. The van der Waals surface area contributed by atoms with Gasteiger partial charge in [0.15, 0.2) is 0 Å². The van der Waals surface area contributed by atoms with Crippen LogP contribution >= 0.6 is 0 Å².